The average molecular weight is 349 g/mol. The molecule has 1 atom stereocenters. The van der Waals surface area contributed by atoms with Crippen LogP contribution in [-0.2, 0) is 0 Å². The smallest absolute Gasteiger partial charge is 0.132 e. The first-order valence-corrected chi connectivity index (χ1v) is 7.10. The molecule has 21 heavy (non-hydrogen) atoms. The Morgan fingerprint density at radius 3 is 2.43 bits per heavy atom. The number of hydrogen-bond donors (Lipinski definition) is 1. The predicted molar refractivity (Wildman–Crippen MR) is 81.8 cm³/mol. The van der Waals surface area contributed by atoms with Gasteiger partial charge in [0.05, 0.1) is 6.04 Å². The first kappa shape index (κ1) is 14.1. The molecular formula is C16H11BrF2N2. The van der Waals surface area contributed by atoms with Crippen LogP contribution in [0, 0.1) is 11.6 Å². The highest BCUT2D eigenvalue weighted by Crippen LogP contribution is 2.31. The van der Waals surface area contributed by atoms with Crippen LogP contribution in [0.15, 0.2) is 53.3 Å². The van der Waals surface area contributed by atoms with Gasteiger partial charge in [0.25, 0.3) is 0 Å². The van der Waals surface area contributed by atoms with E-state index in [9.17, 15) is 8.78 Å². The van der Waals surface area contributed by atoms with Gasteiger partial charge in [-0.15, -0.1) is 0 Å². The summed E-state index contributed by atoms with van der Waals surface area (Å²) in [6.45, 7) is 0. The predicted octanol–water partition coefficient (Wildman–Crippen LogP) is 4.32. The van der Waals surface area contributed by atoms with E-state index in [1.54, 1.807) is 12.4 Å². The molecular weight excluding hydrogens is 338 g/mol. The third kappa shape index (κ3) is 2.54. The number of fused-ring (bicyclic) bond motifs is 1. The highest BCUT2D eigenvalue weighted by atomic mass is 79.9. The summed E-state index contributed by atoms with van der Waals surface area (Å²) in [5, 5.41) is 1.71. The van der Waals surface area contributed by atoms with E-state index < -0.39 is 17.7 Å². The molecule has 3 rings (SSSR count). The van der Waals surface area contributed by atoms with Gasteiger partial charge < -0.3 is 5.73 Å². The zero-order valence-corrected chi connectivity index (χ0v) is 12.4. The van der Waals surface area contributed by atoms with Gasteiger partial charge in [-0.25, -0.2) is 8.78 Å². The monoisotopic (exact) mass is 348 g/mol. The van der Waals surface area contributed by atoms with E-state index in [1.807, 2.05) is 24.3 Å². The lowest BCUT2D eigenvalue weighted by atomic mass is 9.96. The van der Waals surface area contributed by atoms with Crippen LogP contribution in [0.1, 0.15) is 17.2 Å². The molecule has 0 radical (unpaired) electrons. The maximum Gasteiger partial charge on any atom is 0.132 e. The Hall–Kier alpha value is -1.85. The maximum absolute atomic E-state index is 14.1. The van der Waals surface area contributed by atoms with Crippen molar-refractivity contribution in [1.29, 1.82) is 0 Å². The zero-order chi connectivity index (χ0) is 15.0. The number of pyridine rings is 1. The first-order valence-electron chi connectivity index (χ1n) is 6.30. The minimum atomic E-state index is -0.920. The van der Waals surface area contributed by atoms with Gasteiger partial charge in [-0.05, 0) is 23.1 Å². The number of hydrogen-bond acceptors (Lipinski definition) is 2. The van der Waals surface area contributed by atoms with Crippen LogP contribution in [0.2, 0.25) is 0 Å². The van der Waals surface area contributed by atoms with E-state index in [4.69, 9.17) is 5.73 Å². The van der Waals surface area contributed by atoms with Crippen molar-refractivity contribution in [2.45, 2.75) is 6.04 Å². The SMILES string of the molecule is NC(c1c(F)cc(Br)cc1F)c1cncc2ccccc12. The van der Waals surface area contributed by atoms with Crippen molar-refractivity contribution in [3.05, 3.63) is 76.0 Å². The van der Waals surface area contributed by atoms with Crippen LogP contribution in [0.25, 0.3) is 10.8 Å². The largest absolute Gasteiger partial charge is 0.320 e. The van der Waals surface area contributed by atoms with Crippen molar-refractivity contribution >= 4 is 26.7 Å². The summed E-state index contributed by atoms with van der Waals surface area (Å²) in [5.74, 6) is -1.36. The molecule has 0 saturated carbocycles. The molecule has 0 aliphatic rings. The molecule has 0 aliphatic carbocycles. The fraction of sp³-hybridized carbons (Fsp3) is 0.0625. The third-order valence-corrected chi connectivity index (χ3v) is 3.85. The fourth-order valence-electron chi connectivity index (χ4n) is 2.39. The van der Waals surface area contributed by atoms with E-state index in [0.29, 0.717) is 10.0 Å². The minimum Gasteiger partial charge on any atom is -0.320 e. The second-order valence-electron chi connectivity index (χ2n) is 4.71. The Balaban J connectivity index is 2.20. The van der Waals surface area contributed by atoms with Crippen molar-refractivity contribution in [1.82, 2.24) is 4.98 Å². The van der Waals surface area contributed by atoms with E-state index in [-0.39, 0.29) is 5.56 Å². The summed E-state index contributed by atoms with van der Waals surface area (Å²) < 4.78 is 28.5. The molecule has 3 aromatic rings. The summed E-state index contributed by atoms with van der Waals surface area (Å²) in [4.78, 5) is 4.10. The van der Waals surface area contributed by atoms with Crippen LogP contribution in [0.5, 0.6) is 0 Å². The van der Waals surface area contributed by atoms with Gasteiger partial charge in [0.15, 0.2) is 0 Å². The molecule has 0 spiro atoms. The van der Waals surface area contributed by atoms with E-state index in [0.717, 1.165) is 10.8 Å². The van der Waals surface area contributed by atoms with Crippen LogP contribution in [-0.4, -0.2) is 4.98 Å². The van der Waals surface area contributed by atoms with Crippen molar-refractivity contribution in [3.63, 3.8) is 0 Å². The second kappa shape index (κ2) is 5.50. The molecule has 2 N–H and O–H groups in total. The molecule has 2 aromatic carbocycles. The Bertz CT molecular complexity index is 792. The normalized spacial score (nSPS) is 12.6. The molecule has 0 amide bonds. The van der Waals surface area contributed by atoms with Crippen LogP contribution in [0.3, 0.4) is 0 Å². The lowest BCUT2D eigenvalue weighted by Gasteiger charge is -2.16. The number of aromatic nitrogens is 1. The molecule has 0 fully saturated rings. The second-order valence-corrected chi connectivity index (χ2v) is 5.63. The topological polar surface area (TPSA) is 38.9 Å². The van der Waals surface area contributed by atoms with E-state index >= 15 is 0 Å². The summed E-state index contributed by atoms with van der Waals surface area (Å²) in [5.41, 5.74) is 6.53. The van der Waals surface area contributed by atoms with Gasteiger partial charge in [-0.1, -0.05) is 40.2 Å². The molecule has 1 unspecified atom stereocenters. The van der Waals surface area contributed by atoms with Crippen LogP contribution >= 0.6 is 15.9 Å². The van der Waals surface area contributed by atoms with Gasteiger partial charge >= 0.3 is 0 Å². The van der Waals surface area contributed by atoms with Crippen LogP contribution in [0.4, 0.5) is 8.78 Å². The number of halogens is 3. The number of nitrogens with zero attached hydrogens (tertiary/aromatic N) is 1. The van der Waals surface area contributed by atoms with E-state index in [2.05, 4.69) is 20.9 Å². The first-order chi connectivity index (χ1) is 10.1. The van der Waals surface area contributed by atoms with Crippen LogP contribution < -0.4 is 5.73 Å². The maximum atomic E-state index is 14.1. The quantitative estimate of drug-likeness (QED) is 0.748. The Morgan fingerprint density at radius 2 is 1.71 bits per heavy atom. The molecule has 106 valence electrons. The van der Waals surface area contributed by atoms with Crippen molar-refractivity contribution in [3.8, 4) is 0 Å². The molecule has 1 heterocycles. The van der Waals surface area contributed by atoms with Gasteiger partial charge in [0.1, 0.15) is 11.6 Å². The lowest BCUT2D eigenvalue weighted by Crippen LogP contribution is -2.16. The molecule has 5 heteroatoms. The number of rotatable bonds is 2. The number of nitrogens with two attached hydrogens (primary N) is 1. The fourth-order valence-corrected chi connectivity index (χ4v) is 2.80. The Labute approximate surface area is 128 Å². The van der Waals surface area contributed by atoms with Gasteiger partial charge in [0.2, 0.25) is 0 Å². The Kier molecular flexibility index (Phi) is 3.69. The highest BCUT2D eigenvalue weighted by molar-refractivity contribution is 9.10. The van der Waals surface area contributed by atoms with Crippen molar-refractivity contribution in [2.75, 3.05) is 0 Å². The lowest BCUT2D eigenvalue weighted by molar-refractivity contribution is 0.542. The van der Waals surface area contributed by atoms with Crippen molar-refractivity contribution < 1.29 is 8.78 Å². The van der Waals surface area contributed by atoms with E-state index in [1.165, 1.54) is 12.1 Å². The summed E-state index contributed by atoms with van der Waals surface area (Å²) >= 11 is 3.06. The Morgan fingerprint density at radius 1 is 1.05 bits per heavy atom. The van der Waals surface area contributed by atoms with Crippen molar-refractivity contribution in [2.24, 2.45) is 5.73 Å². The summed E-state index contributed by atoms with van der Waals surface area (Å²) in [6.07, 6.45) is 3.24. The summed E-state index contributed by atoms with van der Waals surface area (Å²) in [7, 11) is 0. The molecule has 0 aliphatic heterocycles. The van der Waals surface area contributed by atoms with Gasteiger partial charge in [-0.3, -0.25) is 4.98 Å². The van der Waals surface area contributed by atoms with Gasteiger partial charge in [0, 0.05) is 27.8 Å². The molecule has 2 nitrogen and oxygen atoms in total. The third-order valence-electron chi connectivity index (χ3n) is 3.39. The molecule has 0 saturated heterocycles. The zero-order valence-electron chi connectivity index (χ0n) is 10.9. The van der Waals surface area contributed by atoms with Gasteiger partial charge in [-0.2, -0.15) is 0 Å². The molecule has 1 aromatic heterocycles. The average Bonchev–Trinajstić information content (AvgIpc) is 2.45. The number of benzene rings is 2. The minimum absolute atomic E-state index is 0.156. The highest BCUT2D eigenvalue weighted by Gasteiger charge is 2.21. The molecule has 0 bridgehead atoms. The summed E-state index contributed by atoms with van der Waals surface area (Å²) in [6, 6.07) is 8.96. The standard InChI is InChI=1S/C16H11BrF2N2/c17-10-5-13(18)15(14(19)6-10)16(20)12-8-21-7-9-3-1-2-4-11(9)12/h1-8,16H,20H2.